The lowest BCUT2D eigenvalue weighted by atomic mass is 10.0. The first-order valence-corrected chi connectivity index (χ1v) is 8.83. The topological polar surface area (TPSA) is 49.9 Å². The van der Waals surface area contributed by atoms with Crippen LogP contribution in [0.1, 0.15) is 62.8 Å². The van der Waals surface area contributed by atoms with Crippen molar-refractivity contribution in [3.8, 4) is 0 Å². The van der Waals surface area contributed by atoms with E-state index in [0.717, 1.165) is 33.7 Å². The van der Waals surface area contributed by atoms with E-state index < -0.39 is 0 Å². The Hall–Kier alpha value is -1.68. The third-order valence-electron chi connectivity index (χ3n) is 4.01. The van der Waals surface area contributed by atoms with Gasteiger partial charge in [0, 0.05) is 33.0 Å². The van der Waals surface area contributed by atoms with Crippen molar-refractivity contribution in [1.29, 1.82) is 0 Å². The number of H-pyrrole nitrogens is 1. The van der Waals surface area contributed by atoms with Crippen LogP contribution in [0, 0.1) is 34.6 Å². The van der Waals surface area contributed by atoms with E-state index in [0.29, 0.717) is 6.42 Å². The molecule has 0 fully saturated rings. The van der Waals surface area contributed by atoms with Gasteiger partial charge < -0.3 is 4.98 Å². The van der Waals surface area contributed by atoms with E-state index in [4.69, 9.17) is 0 Å². The zero-order chi connectivity index (χ0) is 17.7. The molecule has 23 heavy (non-hydrogen) atoms. The number of hydrogen-bond donors (Lipinski definition) is 1. The van der Waals surface area contributed by atoms with Crippen LogP contribution in [0.15, 0.2) is 10.9 Å². The maximum absolute atomic E-state index is 11.5. The minimum atomic E-state index is 0.0602. The summed E-state index contributed by atoms with van der Waals surface area (Å²) in [4.78, 5) is 27.9. The van der Waals surface area contributed by atoms with Crippen LogP contribution in [-0.4, -0.2) is 10.8 Å². The van der Waals surface area contributed by atoms with Crippen LogP contribution in [0.4, 0.5) is 0 Å². The highest BCUT2D eigenvalue weighted by Gasteiger charge is 2.14. The van der Waals surface area contributed by atoms with E-state index in [9.17, 15) is 9.59 Å². The summed E-state index contributed by atoms with van der Waals surface area (Å²) < 4.78 is 0. The molecular formula is C19H27NO2S. The Morgan fingerprint density at radius 1 is 1.09 bits per heavy atom. The number of rotatable bonds is 3. The molecule has 0 aliphatic heterocycles. The molecule has 0 saturated heterocycles. The molecule has 0 aliphatic rings. The molecular weight excluding hydrogens is 306 g/mol. The summed E-state index contributed by atoms with van der Waals surface area (Å²) in [6.45, 7) is 13.9. The second-order valence-corrected chi connectivity index (χ2v) is 7.22. The monoisotopic (exact) mass is 333 g/mol. The molecule has 2 aromatic rings. The summed E-state index contributed by atoms with van der Waals surface area (Å²) in [6.07, 6.45) is 1.42. The fraction of sp³-hybridized carbons (Fsp3) is 0.474. The molecule has 0 amide bonds. The minimum Gasteiger partial charge on any atom is -0.326 e. The van der Waals surface area contributed by atoms with E-state index in [-0.39, 0.29) is 11.3 Å². The van der Waals surface area contributed by atoms with E-state index in [2.05, 4.69) is 11.9 Å². The van der Waals surface area contributed by atoms with Crippen molar-refractivity contribution >= 4 is 17.1 Å². The molecule has 3 nitrogen and oxygen atoms in total. The van der Waals surface area contributed by atoms with Gasteiger partial charge in [-0.1, -0.05) is 13.8 Å². The number of aromatic amines is 1. The van der Waals surface area contributed by atoms with Crippen LogP contribution in [0.3, 0.4) is 0 Å². The first kappa shape index (κ1) is 19.4. The van der Waals surface area contributed by atoms with Gasteiger partial charge in [0.15, 0.2) is 5.78 Å². The lowest BCUT2D eigenvalue weighted by Gasteiger charge is -2.01. The number of pyridine rings is 1. The fourth-order valence-corrected chi connectivity index (χ4v) is 3.78. The number of nitrogens with one attached hydrogen (secondary N) is 1. The lowest BCUT2D eigenvalue weighted by molar-refractivity contribution is 0.0987. The second kappa shape index (κ2) is 8.25. The largest absolute Gasteiger partial charge is 0.326 e. The summed E-state index contributed by atoms with van der Waals surface area (Å²) in [7, 11) is 0. The van der Waals surface area contributed by atoms with Crippen LogP contribution in [0.2, 0.25) is 0 Å². The van der Waals surface area contributed by atoms with Gasteiger partial charge in [0.05, 0.1) is 0 Å². The molecule has 126 valence electrons. The molecule has 2 heterocycles. The molecule has 2 rings (SSSR count). The van der Waals surface area contributed by atoms with Gasteiger partial charge in [0.25, 0.3) is 5.56 Å². The van der Waals surface area contributed by atoms with E-state index >= 15 is 0 Å². The maximum atomic E-state index is 11.5. The third-order valence-corrected chi connectivity index (χ3v) is 5.13. The number of aromatic nitrogens is 1. The number of carbonyl (C=O) groups excluding carboxylic acids is 1. The Morgan fingerprint density at radius 3 is 2.09 bits per heavy atom. The summed E-state index contributed by atoms with van der Waals surface area (Å²) in [5.41, 5.74) is 5.11. The number of carbonyl (C=O) groups is 1. The van der Waals surface area contributed by atoms with Crippen LogP contribution in [0.25, 0.3) is 0 Å². The number of Topliss-reactive ketones (excluding diaryl/α,β-unsaturated/α-hetero) is 1. The lowest BCUT2D eigenvalue weighted by Crippen LogP contribution is -2.14. The van der Waals surface area contributed by atoms with E-state index in [1.54, 1.807) is 11.3 Å². The van der Waals surface area contributed by atoms with Gasteiger partial charge in [-0.25, -0.2) is 0 Å². The summed E-state index contributed by atoms with van der Waals surface area (Å²) in [6, 6.07) is 2.00. The Morgan fingerprint density at radius 2 is 1.70 bits per heavy atom. The van der Waals surface area contributed by atoms with Gasteiger partial charge in [-0.2, -0.15) is 0 Å². The quantitative estimate of drug-likeness (QED) is 0.819. The highest BCUT2D eigenvalue weighted by atomic mass is 32.1. The van der Waals surface area contributed by atoms with Gasteiger partial charge in [-0.05, 0) is 58.2 Å². The van der Waals surface area contributed by atoms with Gasteiger partial charge >= 0.3 is 0 Å². The highest BCUT2D eigenvalue weighted by molar-refractivity contribution is 7.12. The third kappa shape index (κ3) is 4.64. The van der Waals surface area contributed by atoms with Crippen LogP contribution in [0.5, 0.6) is 0 Å². The smallest absolute Gasteiger partial charge is 0.251 e. The van der Waals surface area contributed by atoms with E-state index in [1.165, 1.54) is 10.4 Å². The first-order chi connectivity index (χ1) is 10.7. The van der Waals surface area contributed by atoms with Crippen molar-refractivity contribution in [2.24, 2.45) is 0 Å². The van der Waals surface area contributed by atoms with Crippen molar-refractivity contribution in [3.05, 3.63) is 54.1 Å². The fourth-order valence-electron chi connectivity index (χ4n) is 2.70. The molecule has 2 aromatic heterocycles. The number of hydrogen-bond acceptors (Lipinski definition) is 3. The predicted octanol–water partition coefficient (Wildman–Crippen LogP) is 4.82. The maximum Gasteiger partial charge on any atom is 0.251 e. The standard InChI is InChI=1S/C10H14OS.C9H13NO/c1-5-9(11)10-6(2)7(3)12-8(10)4;1-4-8-6(2)5-7(3)10-9(8)11/h5H2,1-4H3;5H,4H2,1-3H3,(H,10,11). The molecule has 0 aromatic carbocycles. The van der Waals surface area contributed by atoms with E-state index in [1.807, 2.05) is 47.6 Å². The van der Waals surface area contributed by atoms with Crippen LogP contribution < -0.4 is 5.56 Å². The average molecular weight is 333 g/mol. The minimum absolute atomic E-state index is 0.0602. The Balaban J connectivity index is 0.000000231. The zero-order valence-electron chi connectivity index (χ0n) is 15.2. The number of aryl methyl sites for hydroxylation is 4. The zero-order valence-corrected chi connectivity index (χ0v) is 16.0. The van der Waals surface area contributed by atoms with Crippen LogP contribution >= 0.6 is 11.3 Å². The van der Waals surface area contributed by atoms with Crippen molar-refractivity contribution < 1.29 is 4.79 Å². The SMILES string of the molecule is CCC(=O)c1c(C)sc(C)c1C.CCc1c(C)cc(C)[nH]c1=O. The predicted molar refractivity (Wildman–Crippen MR) is 99.1 cm³/mol. The van der Waals surface area contributed by atoms with Gasteiger partial charge in [-0.15, -0.1) is 11.3 Å². The molecule has 0 radical (unpaired) electrons. The molecule has 4 heteroatoms. The number of ketones is 1. The molecule has 0 aliphatic carbocycles. The van der Waals surface area contributed by atoms with Crippen molar-refractivity contribution in [2.45, 2.75) is 61.3 Å². The first-order valence-electron chi connectivity index (χ1n) is 8.02. The molecule has 1 N–H and O–H groups in total. The van der Waals surface area contributed by atoms with Gasteiger partial charge in [-0.3, -0.25) is 9.59 Å². The summed E-state index contributed by atoms with van der Waals surface area (Å²) in [5, 5.41) is 0. The molecule has 0 unspecified atom stereocenters. The van der Waals surface area contributed by atoms with Crippen molar-refractivity contribution in [1.82, 2.24) is 4.98 Å². The Labute approximate surface area is 142 Å². The molecule has 0 bridgehead atoms. The molecule has 0 saturated carbocycles. The average Bonchev–Trinajstić information content (AvgIpc) is 2.71. The van der Waals surface area contributed by atoms with Crippen molar-refractivity contribution in [2.75, 3.05) is 0 Å². The second-order valence-electron chi connectivity index (χ2n) is 5.79. The normalized spacial score (nSPS) is 10.2. The number of thiophene rings is 1. The van der Waals surface area contributed by atoms with Gasteiger partial charge in [0.1, 0.15) is 0 Å². The summed E-state index contributed by atoms with van der Waals surface area (Å²) >= 11 is 1.72. The van der Waals surface area contributed by atoms with Crippen LogP contribution in [-0.2, 0) is 6.42 Å². The van der Waals surface area contributed by atoms with Crippen molar-refractivity contribution in [3.63, 3.8) is 0 Å². The summed E-state index contributed by atoms with van der Waals surface area (Å²) in [5.74, 6) is 0.273. The molecule has 0 spiro atoms. The highest BCUT2D eigenvalue weighted by Crippen LogP contribution is 2.27. The van der Waals surface area contributed by atoms with Gasteiger partial charge in [0.2, 0.25) is 0 Å². The Kier molecular flexibility index (Phi) is 6.95. The Bertz CT molecular complexity index is 753. The molecule has 0 atom stereocenters.